The molecule has 0 aliphatic carbocycles. The molecule has 3 rings (SSSR count). The second kappa shape index (κ2) is 7.53. The molecule has 26 heavy (non-hydrogen) atoms. The highest BCUT2D eigenvalue weighted by Gasteiger charge is 2.18. The van der Waals surface area contributed by atoms with Crippen molar-refractivity contribution in [1.29, 1.82) is 0 Å². The van der Waals surface area contributed by atoms with Gasteiger partial charge in [0.25, 0.3) is 0 Å². The molecule has 2 amide bonds. The Kier molecular flexibility index (Phi) is 5.18. The number of primary amides is 1. The highest BCUT2D eigenvalue weighted by atomic mass is 32.2. The third-order valence-electron chi connectivity index (χ3n) is 3.72. The van der Waals surface area contributed by atoms with E-state index in [9.17, 15) is 14.0 Å². The van der Waals surface area contributed by atoms with Crippen LogP contribution in [0, 0.1) is 5.82 Å². The molecule has 7 heteroatoms. The lowest BCUT2D eigenvalue weighted by Gasteiger charge is -2.13. The molecular formula is C19H16FN3O2S. The smallest absolute Gasteiger partial charge is 0.249 e. The number of amides is 2. The van der Waals surface area contributed by atoms with Crippen molar-refractivity contribution in [2.24, 2.45) is 5.73 Å². The van der Waals surface area contributed by atoms with Gasteiger partial charge in [0.1, 0.15) is 5.82 Å². The van der Waals surface area contributed by atoms with E-state index in [1.165, 1.54) is 30.0 Å². The minimum Gasteiger partial charge on any atom is -0.366 e. The largest absolute Gasteiger partial charge is 0.366 e. The van der Waals surface area contributed by atoms with Crippen molar-refractivity contribution in [2.45, 2.75) is 17.2 Å². The Morgan fingerprint density at radius 1 is 1.15 bits per heavy atom. The molecule has 0 aliphatic rings. The van der Waals surface area contributed by atoms with Crippen LogP contribution in [0.25, 0.3) is 10.9 Å². The molecule has 0 spiro atoms. The summed E-state index contributed by atoms with van der Waals surface area (Å²) in [5.74, 6) is -1.27. The average Bonchev–Trinajstić information content (AvgIpc) is 2.60. The maximum absolute atomic E-state index is 13.2. The number of hydrogen-bond donors (Lipinski definition) is 2. The Balaban J connectivity index is 1.81. The molecule has 1 heterocycles. The Hall–Kier alpha value is -2.93. The molecule has 3 N–H and O–H groups in total. The van der Waals surface area contributed by atoms with Crippen LogP contribution in [0.4, 0.5) is 10.1 Å². The SMILES string of the molecule is CC(Sc1cc(C(N)=O)c2ccccc2n1)C(=O)Nc1cccc(F)c1. The van der Waals surface area contributed by atoms with Crippen LogP contribution in [-0.4, -0.2) is 22.0 Å². The van der Waals surface area contributed by atoms with Crippen LogP contribution in [0.15, 0.2) is 59.6 Å². The summed E-state index contributed by atoms with van der Waals surface area (Å²) in [6.07, 6.45) is 0. The van der Waals surface area contributed by atoms with Gasteiger partial charge in [-0.15, -0.1) is 0 Å². The van der Waals surface area contributed by atoms with Crippen molar-refractivity contribution in [3.05, 3.63) is 66.0 Å². The Morgan fingerprint density at radius 2 is 1.92 bits per heavy atom. The number of fused-ring (bicyclic) bond motifs is 1. The molecule has 1 aromatic heterocycles. The van der Waals surface area contributed by atoms with E-state index in [4.69, 9.17) is 5.73 Å². The predicted octanol–water partition coefficient (Wildman–Crippen LogP) is 3.59. The van der Waals surface area contributed by atoms with Crippen molar-refractivity contribution in [3.8, 4) is 0 Å². The number of pyridine rings is 1. The highest BCUT2D eigenvalue weighted by Crippen LogP contribution is 2.27. The zero-order valence-corrected chi connectivity index (χ0v) is 14.7. The first kappa shape index (κ1) is 17.9. The number of nitrogens with zero attached hydrogens (tertiary/aromatic N) is 1. The second-order valence-corrected chi connectivity index (χ2v) is 7.01. The number of para-hydroxylation sites is 1. The topological polar surface area (TPSA) is 85.1 Å². The van der Waals surface area contributed by atoms with Crippen molar-refractivity contribution in [1.82, 2.24) is 4.98 Å². The number of hydrogen-bond acceptors (Lipinski definition) is 4. The fourth-order valence-electron chi connectivity index (χ4n) is 2.46. The zero-order valence-electron chi connectivity index (χ0n) is 13.9. The molecule has 1 unspecified atom stereocenters. The number of halogens is 1. The minimum absolute atomic E-state index is 0.295. The third-order valence-corrected chi connectivity index (χ3v) is 4.74. The summed E-state index contributed by atoms with van der Waals surface area (Å²) < 4.78 is 13.2. The Bertz CT molecular complexity index is 993. The molecular weight excluding hydrogens is 353 g/mol. The maximum Gasteiger partial charge on any atom is 0.249 e. The van der Waals surface area contributed by atoms with Crippen molar-refractivity contribution in [2.75, 3.05) is 5.32 Å². The molecule has 0 fully saturated rings. The maximum atomic E-state index is 13.2. The average molecular weight is 369 g/mol. The lowest BCUT2D eigenvalue weighted by Crippen LogP contribution is -2.22. The van der Waals surface area contributed by atoms with Gasteiger partial charge in [0.2, 0.25) is 11.8 Å². The van der Waals surface area contributed by atoms with E-state index in [1.807, 2.05) is 6.07 Å². The van der Waals surface area contributed by atoms with Crippen molar-refractivity contribution < 1.29 is 14.0 Å². The number of nitrogens with two attached hydrogens (primary N) is 1. The number of aromatic nitrogens is 1. The predicted molar refractivity (Wildman–Crippen MR) is 101 cm³/mol. The lowest BCUT2D eigenvalue weighted by atomic mass is 10.1. The van der Waals surface area contributed by atoms with Gasteiger partial charge >= 0.3 is 0 Å². The number of rotatable bonds is 5. The van der Waals surface area contributed by atoms with Gasteiger partial charge in [-0.1, -0.05) is 36.0 Å². The number of thioether (sulfide) groups is 1. The van der Waals surface area contributed by atoms with Gasteiger partial charge in [0.15, 0.2) is 0 Å². The second-order valence-electron chi connectivity index (χ2n) is 5.65. The van der Waals surface area contributed by atoms with Crippen LogP contribution in [0.1, 0.15) is 17.3 Å². The number of carbonyl (C=O) groups excluding carboxylic acids is 2. The molecule has 1 atom stereocenters. The van der Waals surface area contributed by atoms with E-state index < -0.39 is 17.0 Å². The molecule has 3 aromatic rings. The van der Waals surface area contributed by atoms with Gasteiger partial charge in [-0.05, 0) is 37.3 Å². The molecule has 132 valence electrons. The first-order valence-electron chi connectivity index (χ1n) is 7.87. The van der Waals surface area contributed by atoms with Gasteiger partial charge in [-0.25, -0.2) is 9.37 Å². The Labute approximate surface area is 153 Å². The molecule has 0 radical (unpaired) electrons. The van der Waals surface area contributed by atoms with E-state index in [1.54, 1.807) is 37.3 Å². The van der Waals surface area contributed by atoms with E-state index >= 15 is 0 Å². The van der Waals surface area contributed by atoms with Gasteiger partial charge in [0, 0.05) is 11.1 Å². The van der Waals surface area contributed by atoms with E-state index in [0.29, 0.717) is 27.2 Å². The summed E-state index contributed by atoms with van der Waals surface area (Å²) in [6, 6.07) is 14.4. The van der Waals surface area contributed by atoms with Gasteiger partial charge in [-0.3, -0.25) is 9.59 Å². The van der Waals surface area contributed by atoms with Crippen molar-refractivity contribution >= 4 is 40.2 Å². The van der Waals surface area contributed by atoms with Crippen LogP contribution >= 0.6 is 11.8 Å². The summed E-state index contributed by atoms with van der Waals surface area (Å²) in [4.78, 5) is 28.5. The number of carbonyl (C=O) groups is 2. The number of nitrogens with one attached hydrogen (secondary N) is 1. The third kappa shape index (κ3) is 4.00. The molecule has 0 aliphatic heterocycles. The van der Waals surface area contributed by atoms with Crippen LogP contribution in [0.3, 0.4) is 0 Å². The minimum atomic E-state index is -0.553. The zero-order chi connectivity index (χ0) is 18.7. The lowest BCUT2D eigenvalue weighted by molar-refractivity contribution is -0.115. The molecule has 0 bridgehead atoms. The van der Waals surface area contributed by atoms with E-state index in [0.717, 1.165) is 0 Å². The van der Waals surface area contributed by atoms with Crippen LogP contribution in [0.2, 0.25) is 0 Å². The number of anilines is 1. The van der Waals surface area contributed by atoms with Gasteiger partial charge in [0.05, 0.1) is 21.4 Å². The Morgan fingerprint density at radius 3 is 2.65 bits per heavy atom. The monoisotopic (exact) mass is 369 g/mol. The first-order valence-corrected chi connectivity index (χ1v) is 8.74. The molecule has 0 saturated carbocycles. The van der Waals surface area contributed by atoms with Crippen LogP contribution < -0.4 is 11.1 Å². The standard InChI is InChI=1S/C19H16FN3O2S/c1-11(19(25)22-13-6-4-5-12(20)9-13)26-17-10-15(18(21)24)14-7-2-3-8-16(14)23-17/h2-11H,1H3,(H2,21,24)(H,22,25). The summed E-state index contributed by atoms with van der Waals surface area (Å²) in [7, 11) is 0. The quantitative estimate of drug-likeness (QED) is 0.673. The normalized spacial score (nSPS) is 11.9. The summed E-state index contributed by atoms with van der Waals surface area (Å²) in [5, 5.41) is 3.33. The van der Waals surface area contributed by atoms with Gasteiger partial charge in [-0.2, -0.15) is 0 Å². The number of benzene rings is 2. The van der Waals surface area contributed by atoms with E-state index in [-0.39, 0.29) is 5.91 Å². The van der Waals surface area contributed by atoms with Crippen molar-refractivity contribution in [3.63, 3.8) is 0 Å². The first-order chi connectivity index (χ1) is 12.4. The summed E-state index contributed by atoms with van der Waals surface area (Å²) in [6.45, 7) is 1.71. The van der Waals surface area contributed by atoms with Crippen LogP contribution in [0.5, 0.6) is 0 Å². The summed E-state index contributed by atoms with van der Waals surface area (Å²) >= 11 is 1.20. The van der Waals surface area contributed by atoms with E-state index in [2.05, 4.69) is 10.3 Å². The van der Waals surface area contributed by atoms with Gasteiger partial charge < -0.3 is 11.1 Å². The van der Waals surface area contributed by atoms with Crippen LogP contribution in [-0.2, 0) is 4.79 Å². The molecule has 2 aromatic carbocycles. The summed E-state index contributed by atoms with van der Waals surface area (Å²) in [5.41, 5.74) is 6.83. The fourth-order valence-corrected chi connectivity index (χ4v) is 3.33. The highest BCUT2D eigenvalue weighted by molar-refractivity contribution is 8.00. The molecule has 5 nitrogen and oxygen atoms in total. The molecule has 0 saturated heterocycles. The fraction of sp³-hybridized carbons (Fsp3) is 0.105.